The number of imidazole rings is 1. The lowest BCUT2D eigenvalue weighted by Gasteiger charge is -2.31. The molecule has 16 heteroatoms. The van der Waals surface area contributed by atoms with Crippen molar-refractivity contribution in [3.8, 4) is 5.88 Å². The highest BCUT2D eigenvalue weighted by molar-refractivity contribution is 7.92. The van der Waals surface area contributed by atoms with Gasteiger partial charge in [0.15, 0.2) is 0 Å². The van der Waals surface area contributed by atoms with Crippen molar-refractivity contribution in [1.29, 1.82) is 0 Å². The fourth-order valence-corrected chi connectivity index (χ4v) is 7.10. The molecule has 15 nitrogen and oxygen atoms in total. The van der Waals surface area contributed by atoms with Crippen LogP contribution in [0.3, 0.4) is 0 Å². The fourth-order valence-electron chi connectivity index (χ4n) is 6.25. The number of ether oxygens (including phenoxy) is 2. The van der Waals surface area contributed by atoms with Gasteiger partial charge in [0.2, 0.25) is 21.9 Å². The Morgan fingerprint density at radius 1 is 1.06 bits per heavy atom. The number of rotatable bonds is 11. The lowest BCUT2D eigenvalue weighted by atomic mass is 9.93. The summed E-state index contributed by atoms with van der Waals surface area (Å²) in [6.45, 7) is 6.02. The van der Waals surface area contributed by atoms with Gasteiger partial charge < -0.3 is 24.9 Å². The second-order valence-electron chi connectivity index (χ2n) is 12.3. The summed E-state index contributed by atoms with van der Waals surface area (Å²) in [5, 5.41) is 16.1. The van der Waals surface area contributed by atoms with Crippen LogP contribution in [0.25, 0.3) is 10.9 Å². The molecule has 248 valence electrons. The normalized spacial score (nSPS) is 20.2. The van der Waals surface area contributed by atoms with Crippen LogP contribution in [0.5, 0.6) is 5.88 Å². The monoisotopic (exact) mass is 662 g/mol. The summed E-state index contributed by atoms with van der Waals surface area (Å²) in [6, 6.07) is 5.80. The van der Waals surface area contributed by atoms with Crippen LogP contribution >= 0.6 is 0 Å². The van der Waals surface area contributed by atoms with E-state index in [-0.39, 0.29) is 30.7 Å². The number of hydrogen-bond acceptors (Lipinski definition) is 12. The number of anilines is 3. The minimum absolute atomic E-state index is 0.0268. The summed E-state index contributed by atoms with van der Waals surface area (Å²) in [5.41, 5.74) is 1.61. The van der Waals surface area contributed by atoms with Gasteiger partial charge >= 0.3 is 5.95 Å². The highest BCUT2D eigenvalue weighted by Gasteiger charge is 2.36. The first kappa shape index (κ1) is 31.1. The molecule has 0 spiro atoms. The van der Waals surface area contributed by atoms with Crippen LogP contribution < -0.4 is 19.3 Å². The number of morpholine rings is 1. The van der Waals surface area contributed by atoms with Crippen LogP contribution in [0.15, 0.2) is 43.0 Å². The first-order valence-electron chi connectivity index (χ1n) is 15.9. The van der Waals surface area contributed by atoms with Crippen molar-refractivity contribution in [1.82, 2.24) is 29.5 Å². The molecule has 2 aliphatic carbocycles. The van der Waals surface area contributed by atoms with Crippen molar-refractivity contribution in [3.05, 3.63) is 53.9 Å². The third-order valence-corrected chi connectivity index (χ3v) is 9.93. The Bertz CT molecular complexity index is 1850. The molecule has 2 saturated carbocycles. The standard InChI is InChI=1S/C31H38N10O5S/c1-38(42)31-35-19-24(41(31)22-6-7-22)20-40(47(2,43)44)23-16-26-27(34-18-23)17-28(39-12-14-45-15-13-39)37-29(26)46-25-8-4-21(5-9-25)36-30-32-10-3-11-33-30/h3,10-11,16-19,21-22,25H,1,4-9,12-15,20H2,2H3,(H,32,33,36)/t21-,25+. The predicted octanol–water partition coefficient (Wildman–Crippen LogP) is 3.40. The number of nitrogens with one attached hydrogen (secondary N) is 1. The molecule has 0 radical (unpaired) electrons. The van der Waals surface area contributed by atoms with Gasteiger partial charge in [-0.3, -0.25) is 14.0 Å². The van der Waals surface area contributed by atoms with E-state index in [1.54, 1.807) is 35.3 Å². The van der Waals surface area contributed by atoms with Crippen LogP contribution in [-0.2, 0) is 21.3 Å². The van der Waals surface area contributed by atoms with Crippen molar-refractivity contribution in [2.24, 2.45) is 0 Å². The summed E-state index contributed by atoms with van der Waals surface area (Å²) in [4.78, 5) is 24.6. The quantitative estimate of drug-likeness (QED) is 0.108. The van der Waals surface area contributed by atoms with Gasteiger partial charge in [-0.1, -0.05) is 4.98 Å². The molecule has 0 amide bonds. The average Bonchev–Trinajstić information content (AvgIpc) is 3.82. The lowest BCUT2D eigenvalue weighted by molar-refractivity contribution is -0.362. The van der Waals surface area contributed by atoms with Gasteiger partial charge in [-0.25, -0.2) is 23.0 Å². The van der Waals surface area contributed by atoms with Crippen molar-refractivity contribution < 1.29 is 22.6 Å². The molecule has 7 rings (SSSR count). The smallest absolute Gasteiger partial charge is 0.399 e. The number of nitrogens with zero attached hydrogens (tertiary/aromatic N) is 9. The second kappa shape index (κ2) is 12.9. The van der Waals surface area contributed by atoms with Gasteiger partial charge in [0, 0.05) is 44.3 Å². The summed E-state index contributed by atoms with van der Waals surface area (Å²) in [5.74, 6) is 1.93. The Hall–Kier alpha value is -4.57. The minimum Gasteiger partial charge on any atom is -0.741 e. The van der Waals surface area contributed by atoms with Gasteiger partial charge in [-0.15, -0.1) is 0 Å². The third kappa shape index (κ3) is 6.93. The molecule has 5 heterocycles. The van der Waals surface area contributed by atoms with E-state index in [0.29, 0.717) is 65.2 Å². The zero-order valence-corrected chi connectivity index (χ0v) is 27.0. The second-order valence-corrected chi connectivity index (χ2v) is 14.2. The van der Waals surface area contributed by atoms with Gasteiger partial charge in [0.1, 0.15) is 23.8 Å². The average molecular weight is 663 g/mol. The largest absolute Gasteiger partial charge is 0.741 e. The van der Waals surface area contributed by atoms with E-state index < -0.39 is 10.0 Å². The maximum absolute atomic E-state index is 13.2. The van der Waals surface area contributed by atoms with Crippen molar-refractivity contribution >= 4 is 51.0 Å². The molecule has 3 aliphatic rings. The van der Waals surface area contributed by atoms with Gasteiger partial charge in [0.25, 0.3) is 0 Å². The highest BCUT2D eigenvalue weighted by atomic mass is 32.2. The van der Waals surface area contributed by atoms with E-state index in [2.05, 4.69) is 31.9 Å². The zero-order valence-electron chi connectivity index (χ0n) is 26.2. The molecule has 0 atom stereocenters. The molecule has 3 fully saturated rings. The SMILES string of the molecule is C=[N+]([O-])c1ncc(CN(c2cnc3cc(N4CCOCC4)nc(O[C@H]4CC[C@@H](Nc5ncccn5)CC4)c3c2)S(C)(=O)=O)n1C1CC1. The molecule has 0 aromatic carbocycles. The Labute approximate surface area is 272 Å². The van der Waals surface area contributed by atoms with Crippen LogP contribution in [0.4, 0.5) is 23.4 Å². The van der Waals surface area contributed by atoms with E-state index in [1.165, 1.54) is 10.5 Å². The molecule has 0 bridgehead atoms. The minimum atomic E-state index is -3.77. The third-order valence-electron chi connectivity index (χ3n) is 8.79. The van der Waals surface area contributed by atoms with Crippen LogP contribution in [0, 0.1) is 5.21 Å². The zero-order chi connectivity index (χ0) is 32.5. The molecular weight excluding hydrogens is 624 g/mol. The van der Waals surface area contributed by atoms with E-state index in [0.717, 1.165) is 50.6 Å². The first-order chi connectivity index (χ1) is 22.7. The van der Waals surface area contributed by atoms with Gasteiger partial charge in [-0.05, 0) is 50.7 Å². The van der Waals surface area contributed by atoms with Crippen LogP contribution in [0.1, 0.15) is 50.3 Å². The van der Waals surface area contributed by atoms with E-state index >= 15 is 0 Å². The highest BCUT2D eigenvalue weighted by Crippen LogP contribution is 2.40. The topological polar surface area (TPSA) is 167 Å². The van der Waals surface area contributed by atoms with Gasteiger partial charge in [-0.2, -0.15) is 4.98 Å². The maximum Gasteiger partial charge on any atom is 0.399 e. The lowest BCUT2D eigenvalue weighted by Crippen LogP contribution is -2.37. The van der Waals surface area contributed by atoms with Crippen molar-refractivity contribution in [2.45, 2.75) is 63.3 Å². The number of aromatic nitrogens is 6. The number of sulfonamides is 1. The Kier molecular flexibility index (Phi) is 8.53. The number of fused-ring (bicyclic) bond motifs is 1. The molecular formula is C31H38N10O5S. The Balaban J connectivity index is 1.19. The first-order valence-corrected chi connectivity index (χ1v) is 17.7. The van der Waals surface area contributed by atoms with E-state index in [9.17, 15) is 13.6 Å². The molecule has 4 aromatic heterocycles. The van der Waals surface area contributed by atoms with E-state index in [4.69, 9.17) is 19.4 Å². The molecule has 47 heavy (non-hydrogen) atoms. The Morgan fingerprint density at radius 2 is 1.81 bits per heavy atom. The Morgan fingerprint density at radius 3 is 2.49 bits per heavy atom. The fraction of sp³-hybridized carbons (Fsp3) is 0.484. The number of hydrogen-bond donors (Lipinski definition) is 1. The summed E-state index contributed by atoms with van der Waals surface area (Å²) in [7, 11) is -3.77. The van der Waals surface area contributed by atoms with Crippen molar-refractivity contribution in [2.75, 3.05) is 47.1 Å². The van der Waals surface area contributed by atoms with Crippen LogP contribution in [0.2, 0.25) is 0 Å². The van der Waals surface area contributed by atoms with Gasteiger partial charge in [0.05, 0.1) is 54.8 Å². The maximum atomic E-state index is 13.2. The molecule has 4 aromatic rings. The summed E-state index contributed by atoms with van der Waals surface area (Å²) in [6.07, 6.45) is 12.7. The molecule has 1 aliphatic heterocycles. The van der Waals surface area contributed by atoms with E-state index in [1.807, 2.05) is 6.07 Å². The van der Waals surface area contributed by atoms with Crippen molar-refractivity contribution in [3.63, 3.8) is 0 Å². The molecule has 1 N–H and O–H groups in total. The van der Waals surface area contributed by atoms with Crippen LogP contribution in [-0.4, -0.2) is 94.1 Å². The predicted molar refractivity (Wildman–Crippen MR) is 177 cm³/mol. The summed E-state index contributed by atoms with van der Waals surface area (Å²) < 4.78 is 42.2. The molecule has 0 unspecified atom stereocenters. The number of pyridine rings is 2. The molecule has 1 saturated heterocycles. The summed E-state index contributed by atoms with van der Waals surface area (Å²) >= 11 is 0.